The van der Waals surface area contributed by atoms with Gasteiger partial charge in [0.2, 0.25) is 5.91 Å². The number of nitrogens with one attached hydrogen (secondary N) is 1. The highest BCUT2D eigenvalue weighted by atomic mass is 16.5. The smallest absolute Gasteiger partial charge is 0.221 e. The van der Waals surface area contributed by atoms with Crippen LogP contribution in [0.4, 0.5) is 5.69 Å². The van der Waals surface area contributed by atoms with Crippen molar-refractivity contribution in [1.82, 2.24) is 5.32 Å². The number of carbonyl (C=O) groups is 1. The van der Waals surface area contributed by atoms with Gasteiger partial charge >= 0.3 is 0 Å². The molecule has 5 heteroatoms. The lowest BCUT2D eigenvalue weighted by Gasteiger charge is -2.30. The predicted octanol–water partition coefficient (Wildman–Crippen LogP) is 0.877. The number of hydrogen-bond donors (Lipinski definition) is 2. The Morgan fingerprint density at radius 1 is 1.40 bits per heavy atom. The molecule has 0 aromatic heterocycles. The molecule has 1 unspecified atom stereocenters. The van der Waals surface area contributed by atoms with Crippen molar-refractivity contribution in [2.45, 2.75) is 25.9 Å². The van der Waals surface area contributed by atoms with E-state index in [0.717, 1.165) is 31.9 Å². The quantitative estimate of drug-likeness (QED) is 0.838. The zero-order chi connectivity index (χ0) is 14.4. The molecule has 1 saturated heterocycles. The van der Waals surface area contributed by atoms with Crippen LogP contribution in [0.25, 0.3) is 0 Å². The number of carbonyl (C=O) groups excluding carboxylic acids is 1. The zero-order valence-electron chi connectivity index (χ0n) is 12.0. The lowest BCUT2D eigenvalue weighted by atomic mass is 10.1. The number of rotatable bonds is 5. The Hall–Kier alpha value is -1.59. The van der Waals surface area contributed by atoms with Crippen LogP contribution in [0.3, 0.4) is 0 Å². The molecule has 1 aromatic carbocycles. The first kappa shape index (κ1) is 14.8. The van der Waals surface area contributed by atoms with Crippen molar-refractivity contribution in [1.29, 1.82) is 0 Å². The maximum atomic E-state index is 11.7. The highest BCUT2D eigenvalue weighted by molar-refractivity contribution is 5.76. The van der Waals surface area contributed by atoms with E-state index in [1.54, 1.807) is 0 Å². The van der Waals surface area contributed by atoms with Gasteiger partial charge in [-0.1, -0.05) is 18.2 Å². The fraction of sp³-hybridized carbons (Fsp3) is 0.533. The van der Waals surface area contributed by atoms with Gasteiger partial charge in [-0.25, -0.2) is 0 Å². The summed E-state index contributed by atoms with van der Waals surface area (Å²) < 4.78 is 5.38. The number of ether oxygens (including phenoxy) is 1. The molecule has 1 aliphatic heterocycles. The monoisotopic (exact) mass is 277 g/mol. The zero-order valence-corrected chi connectivity index (χ0v) is 12.0. The van der Waals surface area contributed by atoms with Gasteiger partial charge in [0, 0.05) is 37.8 Å². The molecule has 0 saturated carbocycles. The summed E-state index contributed by atoms with van der Waals surface area (Å²) in [7, 11) is 0. The van der Waals surface area contributed by atoms with E-state index in [4.69, 9.17) is 10.5 Å². The van der Waals surface area contributed by atoms with Gasteiger partial charge in [-0.3, -0.25) is 4.79 Å². The van der Waals surface area contributed by atoms with Gasteiger partial charge in [-0.2, -0.15) is 0 Å². The molecule has 0 bridgehead atoms. The van der Waals surface area contributed by atoms with Crippen molar-refractivity contribution >= 4 is 11.6 Å². The molecule has 1 heterocycles. The Kier molecular flexibility index (Phi) is 5.38. The highest BCUT2D eigenvalue weighted by Crippen LogP contribution is 2.21. The summed E-state index contributed by atoms with van der Waals surface area (Å²) in [4.78, 5) is 14.0. The topological polar surface area (TPSA) is 67.6 Å². The van der Waals surface area contributed by atoms with Crippen LogP contribution in [0.5, 0.6) is 0 Å². The van der Waals surface area contributed by atoms with Crippen LogP contribution < -0.4 is 16.0 Å². The van der Waals surface area contributed by atoms with Gasteiger partial charge in [-0.15, -0.1) is 0 Å². The third-order valence-corrected chi connectivity index (χ3v) is 3.33. The molecular weight excluding hydrogens is 254 g/mol. The average molecular weight is 277 g/mol. The van der Waals surface area contributed by atoms with E-state index in [1.807, 2.05) is 19.1 Å². The number of anilines is 1. The number of nitrogens with two attached hydrogens (primary N) is 1. The summed E-state index contributed by atoms with van der Waals surface area (Å²) in [6.45, 7) is 5.67. The minimum atomic E-state index is -0.107. The van der Waals surface area contributed by atoms with Crippen LogP contribution in [0, 0.1) is 0 Å². The van der Waals surface area contributed by atoms with E-state index in [0.29, 0.717) is 13.0 Å². The van der Waals surface area contributed by atoms with Crippen molar-refractivity contribution in [3.8, 4) is 0 Å². The van der Waals surface area contributed by atoms with Gasteiger partial charge in [0.25, 0.3) is 0 Å². The summed E-state index contributed by atoms with van der Waals surface area (Å²) >= 11 is 0. The van der Waals surface area contributed by atoms with Crippen molar-refractivity contribution in [3.63, 3.8) is 0 Å². The minimum Gasteiger partial charge on any atom is -0.378 e. The molecule has 0 spiro atoms. The second kappa shape index (κ2) is 7.26. The first-order valence-electron chi connectivity index (χ1n) is 7.09. The van der Waals surface area contributed by atoms with E-state index in [-0.39, 0.29) is 11.9 Å². The molecule has 0 radical (unpaired) electrons. The molecule has 20 heavy (non-hydrogen) atoms. The fourth-order valence-corrected chi connectivity index (χ4v) is 2.33. The van der Waals surface area contributed by atoms with Crippen LogP contribution in [-0.4, -0.2) is 38.3 Å². The Balaban J connectivity index is 1.98. The maximum Gasteiger partial charge on any atom is 0.221 e. The van der Waals surface area contributed by atoms with Crippen molar-refractivity contribution < 1.29 is 9.53 Å². The minimum absolute atomic E-state index is 0.00298. The number of benzene rings is 1. The molecule has 3 N–H and O–H groups in total. The lowest BCUT2D eigenvalue weighted by molar-refractivity contribution is -0.121. The average Bonchev–Trinajstić information content (AvgIpc) is 2.46. The van der Waals surface area contributed by atoms with Crippen molar-refractivity contribution in [2.24, 2.45) is 5.73 Å². The molecule has 1 aliphatic rings. The number of hydrogen-bond acceptors (Lipinski definition) is 4. The third kappa shape index (κ3) is 4.21. The van der Waals surface area contributed by atoms with Gasteiger partial charge < -0.3 is 20.7 Å². The van der Waals surface area contributed by atoms with E-state index in [1.165, 1.54) is 5.69 Å². The second-order valence-corrected chi connectivity index (χ2v) is 5.19. The fourth-order valence-electron chi connectivity index (χ4n) is 2.33. The Bertz CT molecular complexity index is 442. The Morgan fingerprint density at radius 2 is 2.10 bits per heavy atom. The van der Waals surface area contributed by atoms with Crippen LogP contribution in [0.1, 0.15) is 18.9 Å². The summed E-state index contributed by atoms with van der Waals surface area (Å²) in [5, 5.41) is 2.93. The van der Waals surface area contributed by atoms with Crippen LogP contribution in [0.15, 0.2) is 24.3 Å². The SMILES string of the molecule is CC(N)CC(=O)NCc1ccccc1N1CCOCC1. The normalized spacial score (nSPS) is 16.8. The number of morpholine rings is 1. The standard InChI is InChI=1S/C15H23N3O2/c1-12(16)10-15(19)17-11-13-4-2-3-5-14(13)18-6-8-20-9-7-18/h2-5,12H,6-11,16H2,1H3,(H,17,19). The van der Waals surface area contributed by atoms with E-state index >= 15 is 0 Å². The van der Waals surface area contributed by atoms with Crippen LogP contribution in [0.2, 0.25) is 0 Å². The molecule has 1 aromatic rings. The predicted molar refractivity (Wildman–Crippen MR) is 79.6 cm³/mol. The van der Waals surface area contributed by atoms with E-state index in [2.05, 4.69) is 22.3 Å². The lowest BCUT2D eigenvalue weighted by Crippen LogP contribution is -2.37. The summed E-state index contributed by atoms with van der Waals surface area (Å²) in [5.41, 5.74) is 7.94. The van der Waals surface area contributed by atoms with E-state index in [9.17, 15) is 4.79 Å². The Labute approximate surface area is 120 Å². The van der Waals surface area contributed by atoms with Crippen LogP contribution in [-0.2, 0) is 16.1 Å². The van der Waals surface area contributed by atoms with Crippen molar-refractivity contribution in [2.75, 3.05) is 31.2 Å². The third-order valence-electron chi connectivity index (χ3n) is 3.33. The number of amides is 1. The summed E-state index contributed by atoms with van der Waals surface area (Å²) in [6, 6.07) is 8.06. The van der Waals surface area contributed by atoms with Gasteiger partial charge in [0.1, 0.15) is 0 Å². The molecule has 1 atom stereocenters. The van der Waals surface area contributed by atoms with Gasteiger partial charge in [0.15, 0.2) is 0 Å². The summed E-state index contributed by atoms with van der Waals surface area (Å²) in [6.07, 6.45) is 0.361. The molecule has 2 rings (SSSR count). The molecule has 5 nitrogen and oxygen atoms in total. The van der Waals surface area contributed by atoms with Crippen LogP contribution >= 0.6 is 0 Å². The number of nitrogens with zero attached hydrogens (tertiary/aromatic N) is 1. The molecule has 1 amide bonds. The maximum absolute atomic E-state index is 11.7. The second-order valence-electron chi connectivity index (χ2n) is 5.19. The van der Waals surface area contributed by atoms with E-state index < -0.39 is 0 Å². The Morgan fingerprint density at radius 3 is 2.80 bits per heavy atom. The van der Waals surface area contributed by atoms with Gasteiger partial charge in [-0.05, 0) is 18.6 Å². The first-order chi connectivity index (χ1) is 9.66. The summed E-state index contributed by atoms with van der Waals surface area (Å²) in [5.74, 6) is -0.00298. The molecule has 110 valence electrons. The molecular formula is C15H23N3O2. The van der Waals surface area contributed by atoms with Crippen molar-refractivity contribution in [3.05, 3.63) is 29.8 Å². The largest absolute Gasteiger partial charge is 0.378 e. The first-order valence-corrected chi connectivity index (χ1v) is 7.09. The molecule has 1 fully saturated rings. The van der Waals surface area contributed by atoms with Gasteiger partial charge in [0.05, 0.1) is 13.2 Å². The molecule has 0 aliphatic carbocycles. The highest BCUT2D eigenvalue weighted by Gasteiger charge is 2.14. The number of para-hydroxylation sites is 1.